The van der Waals surface area contributed by atoms with Crippen molar-refractivity contribution >= 4 is 56.5 Å². The van der Waals surface area contributed by atoms with Crippen molar-refractivity contribution in [2.24, 2.45) is 10.1 Å². The summed E-state index contributed by atoms with van der Waals surface area (Å²) in [6.07, 6.45) is 5.09. The Morgan fingerprint density at radius 2 is 1.82 bits per heavy atom. The molecule has 0 radical (unpaired) electrons. The molecule has 3 aliphatic rings. The molecule has 2 aromatic carbocycles. The first kappa shape index (κ1) is 24.4. The largest absolute Gasteiger partial charge is 0.342 e. The Kier molecular flexibility index (Phi) is 6.23. The predicted molar refractivity (Wildman–Crippen MR) is 153 cm³/mol. The molecule has 192 valence electrons. The fraction of sp³-hybridized carbons (Fsp3) is 0.276. The molecule has 0 unspecified atom stereocenters. The summed E-state index contributed by atoms with van der Waals surface area (Å²) < 4.78 is 2.15. The van der Waals surface area contributed by atoms with Crippen molar-refractivity contribution in [1.82, 2.24) is 14.5 Å². The number of rotatable bonds is 4. The third kappa shape index (κ3) is 4.36. The number of thioether (sulfide) groups is 1. The van der Waals surface area contributed by atoms with Gasteiger partial charge >= 0.3 is 0 Å². The van der Waals surface area contributed by atoms with Crippen molar-refractivity contribution in [3.05, 3.63) is 71.1 Å². The van der Waals surface area contributed by atoms with E-state index in [-0.39, 0.29) is 23.7 Å². The molecule has 8 nitrogen and oxygen atoms in total. The summed E-state index contributed by atoms with van der Waals surface area (Å²) in [4.78, 5) is 31.8. The third-order valence-electron chi connectivity index (χ3n) is 7.27. The average molecular weight is 525 g/mol. The number of benzene rings is 2. The van der Waals surface area contributed by atoms with E-state index < -0.39 is 5.91 Å². The molecule has 9 heteroatoms. The zero-order valence-electron chi connectivity index (χ0n) is 21.4. The number of amidine groups is 2. The first-order chi connectivity index (χ1) is 18.4. The summed E-state index contributed by atoms with van der Waals surface area (Å²) in [5, 5.41) is 17.8. The first-order valence-electron chi connectivity index (χ1n) is 12.8. The number of hydrogen-bond acceptors (Lipinski definition) is 5. The van der Waals surface area contributed by atoms with Crippen molar-refractivity contribution in [3.63, 3.8) is 0 Å². The van der Waals surface area contributed by atoms with E-state index in [2.05, 4.69) is 45.0 Å². The van der Waals surface area contributed by atoms with Crippen LogP contribution in [0.25, 0.3) is 22.5 Å². The summed E-state index contributed by atoms with van der Waals surface area (Å²) in [5.74, 6) is -0.461. The van der Waals surface area contributed by atoms with Crippen LogP contribution in [0, 0.1) is 19.3 Å². The molecule has 0 aliphatic carbocycles. The molecule has 0 saturated carbocycles. The van der Waals surface area contributed by atoms with E-state index in [1.807, 2.05) is 36.9 Å². The number of likely N-dealkylation sites (tertiary alicyclic amines) is 1. The number of aryl methyl sites for hydroxylation is 1. The third-order valence-corrected chi connectivity index (χ3v) is 8.18. The molecule has 6 rings (SSSR count). The van der Waals surface area contributed by atoms with Crippen LogP contribution in [0.15, 0.2) is 64.2 Å². The number of amides is 2. The highest BCUT2D eigenvalue weighted by Crippen LogP contribution is 2.31. The molecule has 3 aromatic rings. The molecule has 4 heterocycles. The highest BCUT2D eigenvalue weighted by molar-refractivity contribution is 8.27. The zero-order chi connectivity index (χ0) is 26.4. The van der Waals surface area contributed by atoms with E-state index in [0.29, 0.717) is 10.2 Å². The van der Waals surface area contributed by atoms with E-state index in [0.717, 1.165) is 60.4 Å². The van der Waals surface area contributed by atoms with Crippen LogP contribution in [0.1, 0.15) is 42.6 Å². The molecular formula is C29H28N6O2S. The molecule has 0 bridgehead atoms. The van der Waals surface area contributed by atoms with Crippen LogP contribution in [0.2, 0.25) is 0 Å². The van der Waals surface area contributed by atoms with E-state index in [1.54, 1.807) is 6.08 Å². The van der Waals surface area contributed by atoms with Gasteiger partial charge in [0.2, 0.25) is 11.1 Å². The van der Waals surface area contributed by atoms with Crippen molar-refractivity contribution in [1.29, 1.82) is 5.41 Å². The number of nitrogens with one attached hydrogen (secondary N) is 1. The minimum absolute atomic E-state index is 0.0246. The second-order valence-electron chi connectivity index (χ2n) is 9.83. The summed E-state index contributed by atoms with van der Waals surface area (Å²) >= 11 is 1.20. The molecule has 0 spiro atoms. The smallest absolute Gasteiger partial charge is 0.283 e. The van der Waals surface area contributed by atoms with Crippen molar-refractivity contribution in [3.8, 4) is 5.69 Å². The van der Waals surface area contributed by atoms with Crippen molar-refractivity contribution < 1.29 is 9.59 Å². The van der Waals surface area contributed by atoms with Gasteiger partial charge in [0, 0.05) is 30.2 Å². The number of aliphatic imine (C=N–C) groups is 1. The molecule has 3 aliphatic heterocycles. The Bertz CT molecular complexity index is 1590. The molecule has 2 amide bonds. The number of aromatic nitrogens is 1. The van der Waals surface area contributed by atoms with Crippen LogP contribution in [0.4, 0.5) is 0 Å². The molecular weight excluding hydrogens is 496 g/mol. The van der Waals surface area contributed by atoms with Gasteiger partial charge in [-0.05, 0) is 85.5 Å². The zero-order valence-corrected chi connectivity index (χ0v) is 22.2. The highest BCUT2D eigenvalue weighted by Gasteiger charge is 2.36. The Morgan fingerprint density at radius 1 is 1.05 bits per heavy atom. The van der Waals surface area contributed by atoms with Gasteiger partial charge in [-0.15, -0.1) is 0 Å². The monoisotopic (exact) mass is 524 g/mol. The van der Waals surface area contributed by atoms with Crippen LogP contribution < -0.4 is 0 Å². The van der Waals surface area contributed by atoms with Gasteiger partial charge in [0.25, 0.3) is 5.91 Å². The van der Waals surface area contributed by atoms with Gasteiger partial charge in [0.1, 0.15) is 5.04 Å². The van der Waals surface area contributed by atoms with Crippen LogP contribution in [0.3, 0.4) is 0 Å². The minimum Gasteiger partial charge on any atom is -0.342 e. The normalized spacial score (nSPS) is 18.7. The van der Waals surface area contributed by atoms with Gasteiger partial charge in [-0.3, -0.25) is 15.0 Å². The number of piperidine rings is 1. The maximum absolute atomic E-state index is 13.0. The SMILES string of the molecule is Cc1cc(/C=C2/C(=N)N3N=C(CC(=O)N4CCCCC4)SC3=NC2=O)c(C)n1-c1ccc2ccccc2c1. The second kappa shape index (κ2) is 9.72. The van der Waals surface area contributed by atoms with Crippen LogP contribution in [-0.4, -0.2) is 55.4 Å². The molecule has 1 N–H and O–H groups in total. The first-order valence-corrected chi connectivity index (χ1v) is 13.7. The number of nitrogens with zero attached hydrogens (tertiary/aromatic N) is 5. The Hall–Kier alpha value is -3.98. The van der Waals surface area contributed by atoms with Crippen LogP contribution in [-0.2, 0) is 9.59 Å². The van der Waals surface area contributed by atoms with Crippen LogP contribution >= 0.6 is 11.8 Å². The maximum Gasteiger partial charge on any atom is 0.283 e. The van der Waals surface area contributed by atoms with Gasteiger partial charge < -0.3 is 9.47 Å². The standard InChI is InChI=1S/C29H28N6O2S/c1-18-14-22(19(2)34(18)23-11-10-20-8-4-5-9-21(20)15-23)16-24-27(30)35-29(31-28(24)37)38-25(32-35)17-26(36)33-12-6-3-7-13-33/h4-5,8-11,14-16,30H,3,6-7,12-13,17H2,1-2H3/b24-16-,30-27?. The Labute approximate surface area is 225 Å². The average Bonchev–Trinajstić information content (AvgIpc) is 3.45. The number of carbonyl (C=O) groups is 2. The lowest BCUT2D eigenvalue weighted by Crippen LogP contribution is -2.36. The lowest BCUT2D eigenvalue weighted by Gasteiger charge is -2.26. The number of hydrogen-bond donors (Lipinski definition) is 1. The molecule has 1 fully saturated rings. The van der Waals surface area contributed by atoms with Gasteiger partial charge in [-0.25, -0.2) is 0 Å². The predicted octanol–water partition coefficient (Wildman–Crippen LogP) is 5.27. The Balaban J connectivity index is 1.27. The Morgan fingerprint density at radius 3 is 2.61 bits per heavy atom. The van der Waals surface area contributed by atoms with Gasteiger partial charge in [-0.2, -0.15) is 15.1 Å². The lowest BCUT2D eigenvalue weighted by atomic mass is 10.1. The highest BCUT2D eigenvalue weighted by atomic mass is 32.2. The fourth-order valence-electron chi connectivity index (χ4n) is 5.29. The quantitative estimate of drug-likeness (QED) is 0.471. The van der Waals surface area contributed by atoms with E-state index in [1.165, 1.54) is 22.2 Å². The van der Waals surface area contributed by atoms with Crippen LogP contribution in [0.5, 0.6) is 0 Å². The summed E-state index contributed by atoms with van der Waals surface area (Å²) in [6.45, 7) is 5.59. The summed E-state index contributed by atoms with van der Waals surface area (Å²) in [6, 6.07) is 16.6. The topological polar surface area (TPSA) is 94.1 Å². The van der Waals surface area contributed by atoms with Crippen molar-refractivity contribution in [2.75, 3.05) is 13.1 Å². The summed E-state index contributed by atoms with van der Waals surface area (Å²) in [7, 11) is 0. The summed E-state index contributed by atoms with van der Waals surface area (Å²) in [5.41, 5.74) is 4.06. The van der Waals surface area contributed by atoms with Gasteiger partial charge in [-0.1, -0.05) is 30.3 Å². The fourth-order valence-corrected chi connectivity index (χ4v) is 6.17. The second-order valence-corrected chi connectivity index (χ2v) is 10.9. The maximum atomic E-state index is 13.0. The lowest BCUT2D eigenvalue weighted by molar-refractivity contribution is -0.130. The molecule has 1 saturated heterocycles. The number of hydrazone groups is 1. The van der Waals surface area contributed by atoms with Gasteiger partial charge in [0.05, 0.1) is 12.0 Å². The van der Waals surface area contributed by atoms with Gasteiger partial charge in [0.15, 0.2) is 5.84 Å². The molecule has 1 aromatic heterocycles. The van der Waals surface area contributed by atoms with E-state index >= 15 is 0 Å². The molecule has 38 heavy (non-hydrogen) atoms. The van der Waals surface area contributed by atoms with E-state index in [9.17, 15) is 9.59 Å². The number of fused-ring (bicyclic) bond motifs is 2. The van der Waals surface area contributed by atoms with Crippen molar-refractivity contribution in [2.45, 2.75) is 39.5 Å². The molecule has 0 atom stereocenters. The van der Waals surface area contributed by atoms with E-state index in [4.69, 9.17) is 5.41 Å². The minimum atomic E-state index is -0.469. The number of carbonyl (C=O) groups excluding carboxylic acids is 2.